The van der Waals surface area contributed by atoms with Crippen molar-refractivity contribution in [1.29, 1.82) is 0 Å². The number of hydrogen-bond donors (Lipinski definition) is 1. The molecule has 1 N–H and O–H groups in total. The molecule has 7 nitrogen and oxygen atoms in total. The highest BCUT2D eigenvalue weighted by Gasteiger charge is 2.21. The maximum atomic E-state index is 12.8. The second-order valence-corrected chi connectivity index (χ2v) is 6.73. The summed E-state index contributed by atoms with van der Waals surface area (Å²) in [7, 11) is 0. The molecule has 29 heavy (non-hydrogen) atoms. The number of oxazole rings is 1. The molecule has 7 heteroatoms. The van der Waals surface area contributed by atoms with E-state index < -0.39 is 11.8 Å². The summed E-state index contributed by atoms with van der Waals surface area (Å²) in [4.78, 5) is 25.0. The number of para-hydroxylation sites is 2. The third-order valence-corrected chi connectivity index (χ3v) is 4.42. The smallest absolute Gasteiger partial charge is 0.420 e. The molecule has 3 aromatic rings. The molecule has 0 spiro atoms. The lowest BCUT2D eigenvalue weighted by Gasteiger charge is -2.16. The molecule has 1 amide bonds. The van der Waals surface area contributed by atoms with Crippen molar-refractivity contribution in [3.8, 4) is 11.5 Å². The SMILES string of the molecule is CCCOc1ccc(NC(=O)C(C)n2c(=O)oc3ccccc32)cc1OCCC. The van der Waals surface area contributed by atoms with Gasteiger partial charge in [0.05, 0.1) is 18.7 Å². The molecule has 0 aliphatic carbocycles. The zero-order valence-electron chi connectivity index (χ0n) is 16.9. The Morgan fingerprint density at radius 2 is 1.76 bits per heavy atom. The summed E-state index contributed by atoms with van der Waals surface area (Å²) in [6.45, 7) is 6.84. The van der Waals surface area contributed by atoms with Crippen molar-refractivity contribution in [2.24, 2.45) is 0 Å². The van der Waals surface area contributed by atoms with Gasteiger partial charge in [0.1, 0.15) is 6.04 Å². The van der Waals surface area contributed by atoms with Gasteiger partial charge >= 0.3 is 5.76 Å². The number of fused-ring (bicyclic) bond motifs is 1. The van der Waals surface area contributed by atoms with Gasteiger partial charge in [0.2, 0.25) is 5.91 Å². The van der Waals surface area contributed by atoms with Crippen LogP contribution < -0.4 is 20.5 Å². The molecule has 3 rings (SSSR count). The van der Waals surface area contributed by atoms with Gasteiger partial charge in [0, 0.05) is 11.8 Å². The van der Waals surface area contributed by atoms with Crippen molar-refractivity contribution < 1.29 is 18.7 Å². The van der Waals surface area contributed by atoms with Crippen LogP contribution in [-0.4, -0.2) is 23.7 Å². The molecule has 1 unspecified atom stereocenters. The summed E-state index contributed by atoms with van der Waals surface area (Å²) >= 11 is 0. The van der Waals surface area contributed by atoms with Crippen LogP contribution in [0, 0.1) is 0 Å². The van der Waals surface area contributed by atoms with Crippen molar-refractivity contribution in [2.45, 2.75) is 39.7 Å². The number of nitrogens with one attached hydrogen (secondary N) is 1. The Kier molecular flexibility index (Phi) is 6.59. The van der Waals surface area contributed by atoms with E-state index in [2.05, 4.69) is 5.32 Å². The summed E-state index contributed by atoms with van der Waals surface area (Å²) < 4.78 is 18.1. The highest BCUT2D eigenvalue weighted by Crippen LogP contribution is 2.31. The van der Waals surface area contributed by atoms with Crippen molar-refractivity contribution in [3.63, 3.8) is 0 Å². The van der Waals surface area contributed by atoms with E-state index in [1.54, 1.807) is 49.4 Å². The van der Waals surface area contributed by atoms with Crippen molar-refractivity contribution in [3.05, 3.63) is 53.0 Å². The molecule has 0 bridgehead atoms. The zero-order chi connectivity index (χ0) is 20.8. The highest BCUT2D eigenvalue weighted by atomic mass is 16.5. The second-order valence-electron chi connectivity index (χ2n) is 6.73. The molecule has 2 aromatic carbocycles. The van der Waals surface area contributed by atoms with Crippen LogP contribution in [0.2, 0.25) is 0 Å². The van der Waals surface area contributed by atoms with E-state index >= 15 is 0 Å². The fourth-order valence-electron chi connectivity index (χ4n) is 2.96. The van der Waals surface area contributed by atoms with Gasteiger partial charge in [-0.3, -0.25) is 9.36 Å². The van der Waals surface area contributed by atoms with Gasteiger partial charge in [0.25, 0.3) is 0 Å². The summed E-state index contributed by atoms with van der Waals surface area (Å²) in [5, 5.41) is 2.85. The topological polar surface area (TPSA) is 82.7 Å². The number of anilines is 1. The Bertz CT molecular complexity index is 1040. The van der Waals surface area contributed by atoms with Crippen molar-refractivity contribution >= 4 is 22.7 Å². The van der Waals surface area contributed by atoms with E-state index in [1.165, 1.54) is 4.57 Å². The molecule has 0 saturated heterocycles. The lowest BCUT2D eigenvalue weighted by molar-refractivity contribution is -0.118. The van der Waals surface area contributed by atoms with Crippen LogP contribution in [0.3, 0.4) is 0 Å². The largest absolute Gasteiger partial charge is 0.490 e. The van der Waals surface area contributed by atoms with Crippen LogP contribution in [-0.2, 0) is 4.79 Å². The first-order valence-electron chi connectivity index (χ1n) is 9.85. The summed E-state index contributed by atoms with van der Waals surface area (Å²) in [5.41, 5.74) is 1.60. The summed E-state index contributed by atoms with van der Waals surface area (Å²) in [6.07, 6.45) is 1.74. The maximum Gasteiger partial charge on any atom is 0.420 e. The third kappa shape index (κ3) is 4.62. The van der Waals surface area contributed by atoms with Crippen LogP contribution in [0.15, 0.2) is 51.7 Å². The van der Waals surface area contributed by atoms with Crippen LogP contribution >= 0.6 is 0 Å². The first-order valence-corrected chi connectivity index (χ1v) is 9.85. The van der Waals surface area contributed by atoms with Gasteiger partial charge in [-0.2, -0.15) is 0 Å². The number of amides is 1. The number of aromatic nitrogens is 1. The van der Waals surface area contributed by atoms with E-state index in [0.717, 1.165) is 12.8 Å². The average molecular weight is 398 g/mol. The van der Waals surface area contributed by atoms with Gasteiger partial charge in [-0.05, 0) is 44.0 Å². The van der Waals surface area contributed by atoms with Gasteiger partial charge < -0.3 is 19.2 Å². The molecular weight excluding hydrogens is 372 g/mol. The number of hydrogen-bond acceptors (Lipinski definition) is 5. The van der Waals surface area contributed by atoms with E-state index in [-0.39, 0.29) is 5.91 Å². The van der Waals surface area contributed by atoms with Crippen molar-refractivity contribution in [2.75, 3.05) is 18.5 Å². The summed E-state index contributed by atoms with van der Waals surface area (Å²) in [5.74, 6) is 0.325. The molecule has 0 fully saturated rings. The Hall–Kier alpha value is -3.22. The molecule has 1 aromatic heterocycles. The lowest BCUT2D eigenvalue weighted by atomic mass is 10.2. The molecule has 0 radical (unpaired) electrons. The second kappa shape index (κ2) is 9.32. The Morgan fingerprint density at radius 3 is 2.48 bits per heavy atom. The van der Waals surface area contributed by atoms with Gasteiger partial charge in [0.15, 0.2) is 17.1 Å². The van der Waals surface area contributed by atoms with E-state index in [0.29, 0.717) is 41.5 Å². The van der Waals surface area contributed by atoms with E-state index in [4.69, 9.17) is 13.9 Å². The zero-order valence-corrected chi connectivity index (χ0v) is 16.9. The number of ether oxygens (including phenoxy) is 2. The monoisotopic (exact) mass is 398 g/mol. The number of carbonyl (C=O) groups is 1. The fourth-order valence-corrected chi connectivity index (χ4v) is 2.96. The molecule has 154 valence electrons. The molecule has 0 aliphatic heterocycles. The molecule has 0 aliphatic rings. The predicted molar refractivity (Wildman–Crippen MR) is 112 cm³/mol. The van der Waals surface area contributed by atoms with Gasteiger partial charge in [-0.15, -0.1) is 0 Å². The minimum atomic E-state index is -0.748. The number of carbonyl (C=O) groups excluding carboxylic acids is 1. The molecule has 1 atom stereocenters. The predicted octanol–water partition coefficient (Wildman–Crippen LogP) is 4.37. The average Bonchev–Trinajstić information content (AvgIpc) is 3.06. The number of benzene rings is 2. The Morgan fingerprint density at radius 1 is 1.07 bits per heavy atom. The van der Waals surface area contributed by atoms with Gasteiger partial charge in [-0.1, -0.05) is 26.0 Å². The van der Waals surface area contributed by atoms with E-state index in [1.807, 2.05) is 13.8 Å². The molecule has 1 heterocycles. The minimum Gasteiger partial charge on any atom is -0.490 e. The summed E-state index contributed by atoms with van der Waals surface area (Å²) in [6, 6.07) is 11.5. The maximum absolute atomic E-state index is 12.8. The normalized spacial score (nSPS) is 12.0. The lowest BCUT2D eigenvalue weighted by Crippen LogP contribution is -2.29. The third-order valence-electron chi connectivity index (χ3n) is 4.42. The Balaban J connectivity index is 1.81. The number of nitrogens with zero attached hydrogens (tertiary/aromatic N) is 1. The van der Waals surface area contributed by atoms with Crippen LogP contribution in [0.1, 0.15) is 39.7 Å². The Labute approximate surface area is 169 Å². The highest BCUT2D eigenvalue weighted by molar-refractivity contribution is 5.94. The van der Waals surface area contributed by atoms with Crippen LogP contribution in [0.5, 0.6) is 11.5 Å². The van der Waals surface area contributed by atoms with Gasteiger partial charge in [-0.25, -0.2) is 4.79 Å². The minimum absolute atomic E-state index is 0.331. The fraction of sp³-hybridized carbons (Fsp3) is 0.364. The van der Waals surface area contributed by atoms with Crippen LogP contribution in [0.4, 0.5) is 5.69 Å². The number of rotatable bonds is 9. The van der Waals surface area contributed by atoms with E-state index in [9.17, 15) is 9.59 Å². The first-order chi connectivity index (χ1) is 14.0. The quantitative estimate of drug-likeness (QED) is 0.579. The molecule has 0 saturated carbocycles. The van der Waals surface area contributed by atoms with Crippen LogP contribution in [0.25, 0.3) is 11.1 Å². The standard InChI is InChI=1S/C22H26N2O5/c1-4-12-27-19-11-10-16(14-20(19)28-13-5-2)23-21(25)15(3)24-17-8-6-7-9-18(17)29-22(24)26/h6-11,14-15H,4-5,12-13H2,1-3H3,(H,23,25). The molecular formula is C22H26N2O5. The first kappa shape index (κ1) is 20.5. The van der Waals surface area contributed by atoms with Crippen molar-refractivity contribution in [1.82, 2.24) is 4.57 Å².